The Bertz CT molecular complexity index is 1350. The lowest BCUT2D eigenvalue weighted by atomic mass is 10.1. The molecule has 0 saturated heterocycles. The van der Waals surface area contributed by atoms with Gasteiger partial charge >= 0.3 is 0 Å². The molecule has 4 aromatic rings. The van der Waals surface area contributed by atoms with Crippen molar-refractivity contribution in [3.8, 4) is 28.4 Å². The van der Waals surface area contributed by atoms with Crippen LogP contribution in [0.25, 0.3) is 28.2 Å². The maximum Gasteiger partial charge on any atom is 0.261 e. The highest BCUT2D eigenvalue weighted by Gasteiger charge is 2.11. The summed E-state index contributed by atoms with van der Waals surface area (Å²) in [4.78, 5) is 24.9. The van der Waals surface area contributed by atoms with Crippen molar-refractivity contribution in [3.63, 3.8) is 0 Å². The molecule has 1 aromatic heterocycles. The predicted molar refractivity (Wildman–Crippen MR) is 125 cm³/mol. The second-order valence-electron chi connectivity index (χ2n) is 7.15. The van der Waals surface area contributed by atoms with Crippen LogP contribution in [0.2, 0.25) is 0 Å². The Morgan fingerprint density at radius 1 is 1.03 bits per heavy atom. The Labute approximate surface area is 189 Å². The molecular weight excluding hydrogens is 422 g/mol. The van der Waals surface area contributed by atoms with Crippen LogP contribution in [0.5, 0.6) is 17.2 Å². The van der Waals surface area contributed by atoms with Crippen molar-refractivity contribution in [2.24, 2.45) is 0 Å². The van der Waals surface area contributed by atoms with E-state index in [-0.39, 0.29) is 23.7 Å². The fraction of sp³-hybridized carbons (Fsp3) is 0.0769. The van der Waals surface area contributed by atoms with Gasteiger partial charge in [-0.25, -0.2) is 0 Å². The van der Waals surface area contributed by atoms with Crippen LogP contribution in [0.3, 0.4) is 0 Å². The number of carbonyl (C=O) groups is 1. The molecule has 0 aliphatic rings. The number of rotatable bonds is 7. The molecule has 7 nitrogen and oxygen atoms in total. The van der Waals surface area contributed by atoms with Crippen LogP contribution < -0.4 is 20.2 Å². The van der Waals surface area contributed by atoms with Gasteiger partial charge in [0.15, 0.2) is 12.0 Å². The first-order valence-electron chi connectivity index (χ1n) is 10.1. The van der Waals surface area contributed by atoms with Crippen LogP contribution in [-0.2, 0) is 4.79 Å². The quantitative estimate of drug-likeness (QED) is 0.441. The van der Waals surface area contributed by atoms with Gasteiger partial charge in [0.1, 0.15) is 29.1 Å². The number of benzene rings is 3. The predicted octanol–water partition coefficient (Wildman–Crippen LogP) is 4.34. The summed E-state index contributed by atoms with van der Waals surface area (Å²) in [6.45, 7) is -0.209. The van der Waals surface area contributed by atoms with Crippen molar-refractivity contribution in [2.75, 3.05) is 13.7 Å². The number of phenols is 1. The van der Waals surface area contributed by atoms with Crippen LogP contribution >= 0.6 is 0 Å². The van der Waals surface area contributed by atoms with Crippen LogP contribution in [0.15, 0.2) is 88.4 Å². The smallest absolute Gasteiger partial charge is 0.261 e. The second kappa shape index (κ2) is 9.74. The molecule has 0 atom stereocenters. The van der Waals surface area contributed by atoms with E-state index in [1.165, 1.54) is 12.5 Å². The summed E-state index contributed by atoms with van der Waals surface area (Å²) >= 11 is 0. The highest BCUT2D eigenvalue weighted by molar-refractivity contribution is 5.83. The maximum absolute atomic E-state index is 12.9. The molecule has 1 amide bonds. The molecule has 33 heavy (non-hydrogen) atoms. The summed E-state index contributed by atoms with van der Waals surface area (Å²) in [5.74, 6) is 0.931. The average Bonchev–Trinajstić information content (AvgIpc) is 2.84. The minimum absolute atomic E-state index is 0.162. The number of ether oxygens (including phenoxy) is 2. The Morgan fingerprint density at radius 2 is 1.76 bits per heavy atom. The molecular formula is C26H21NO6. The topological polar surface area (TPSA) is 98.0 Å². The molecule has 0 radical (unpaired) electrons. The third-order valence-corrected chi connectivity index (χ3v) is 4.93. The molecule has 0 aliphatic heterocycles. The van der Waals surface area contributed by atoms with Gasteiger partial charge in [0.25, 0.3) is 5.91 Å². The van der Waals surface area contributed by atoms with E-state index >= 15 is 0 Å². The third kappa shape index (κ3) is 5.22. The number of carbonyl (C=O) groups excluding carboxylic acids is 1. The number of hydrogen-bond acceptors (Lipinski definition) is 6. The number of fused-ring (bicyclic) bond motifs is 1. The molecule has 0 aliphatic carbocycles. The number of methoxy groups -OCH3 is 1. The molecule has 0 bridgehead atoms. The highest BCUT2D eigenvalue weighted by atomic mass is 16.5. The Balaban J connectivity index is 1.41. The van der Waals surface area contributed by atoms with E-state index in [1.54, 1.807) is 79.9 Å². The summed E-state index contributed by atoms with van der Waals surface area (Å²) in [6, 6.07) is 18.5. The first-order valence-corrected chi connectivity index (χ1v) is 10.1. The zero-order chi connectivity index (χ0) is 23.2. The van der Waals surface area contributed by atoms with Crippen LogP contribution in [0.4, 0.5) is 0 Å². The van der Waals surface area contributed by atoms with Gasteiger partial charge in [-0.05, 0) is 53.6 Å². The third-order valence-electron chi connectivity index (χ3n) is 4.93. The molecule has 1 heterocycles. The van der Waals surface area contributed by atoms with Gasteiger partial charge in [-0.15, -0.1) is 0 Å². The van der Waals surface area contributed by atoms with Crippen molar-refractivity contribution in [3.05, 3.63) is 95.0 Å². The van der Waals surface area contributed by atoms with E-state index < -0.39 is 0 Å². The largest absolute Gasteiger partial charge is 0.508 e. The number of amides is 1. The average molecular weight is 443 g/mol. The number of nitrogens with one attached hydrogen (secondary N) is 1. The van der Waals surface area contributed by atoms with Crippen LogP contribution in [0, 0.1) is 0 Å². The molecule has 2 N–H and O–H groups in total. The molecule has 0 spiro atoms. The fourth-order valence-electron chi connectivity index (χ4n) is 3.18. The lowest BCUT2D eigenvalue weighted by molar-refractivity contribution is -0.122. The Hall–Kier alpha value is -4.52. The summed E-state index contributed by atoms with van der Waals surface area (Å²) in [7, 11) is 1.58. The van der Waals surface area contributed by atoms with Gasteiger partial charge in [-0.3, -0.25) is 9.59 Å². The van der Waals surface area contributed by atoms with E-state index in [4.69, 9.17) is 13.9 Å². The van der Waals surface area contributed by atoms with Gasteiger partial charge in [0.05, 0.1) is 18.1 Å². The molecule has 0 fully saturated rings. The molecule has 3 aromatic carbocycles. The van der Waals surface area contributed by atoms with E-state index in [2.05, 4.69) is 5.32 Å². The zero-order valence-corrected chi connectivity index (χ0v) is 17.8. The molecule has 7 heteroatoms. The Morgan fingerprint density at radius 3 is 2.48 bits per heavy atom. The first-order chi connectivity index (χ1) is 16.0. The number of hydrogen-bond donors (Lipinski definition) is 2. The van der Waals surface area contributed by atoms with Crippen molar-refractivity contribution in [1.82, 2.24) is 5.32 Å². The lowest BCUT2D eigenvalue weighted by Gasteiger charge is -2.07. The van der Waals surface area contributed by atoms with Crippen molar-refractivity contribution >= 4 is 23.0 Å². The van der Waals surface area contributed by atoms with Gasteiger partial charge in [-0.2, -0.15) is 0 Å². The van der Waals surface area contributed by atoms with Gasteiger partial charge in [-0.1, -0.05) is 24.3 Å². The summed E-state index contributed by atoms with van der Waals surface area (Å²) < 4.78 is 16.3. The van der Waals surface area contributed by atoms with Gasteiger partial charge < -0.3 is 24.3 Å². The zero-order valence-electron chi connectivity index (χ0n) is 17.8. The van der Waals surface area contributed by atoms with E-state index in [0.29, 0.717) is 28.0 Å². The highest BCUT2D eigenvalue weighted by Crippen LogP contribution is 2.24. The van der Waals surface area contributed by atoms with Crippen molar-refractivity contribution in [2.45, 2.75) is 0 Å². The molecule has 166 valence electrons. The van der Waals surface area contributed by atoms with E-state index in [1.807, 2.05) is 0 Å². The minimum Gasteiger partial charge on any atom is -0.508 e. The van der Waals surface area contributed by atoms with E-state index in [9.17, 15) is 14.7 Å². The summed E-state index contributed by atoms with van der Waals surface area (Å²) in [5.41, 5.74) is 2.20. The summed E-state index contributed by atoms with van der Waals surface area (Å²) in [6.07, 6.45) is 4.61. The first kappa shape index (κ1) is 21.7. The van der Waals surface area contributed by atoms with Crippen molar-refractivity contribution < 1.29 is 23.8 Å². The minimum atomic E-state index is -0.346. The van der Waals surface area contributed by atoms with Crippen LogP contribution in [0.1, 0.15) is 5.56 Å². The summed E-state index contributed by atoms with van der Waals surface area (Å²) in [5, 5.41) is 12.3. The standard InChI is InChI=1S/C26H21NO6/c1-31-20-8-4-18(5-9-20)23-15-33-24-14-21(10-11-22(24)26(23)30)32-16-25(29)27-13-12-17-2-6-19(28)7-3-17/h2-15,28H,16H2,1H3,(H,27,29)/b13-12-. The lowest BCUT2D eigenvalue weighted by Crippen LogP contribution is -2.24. The monoisotopic (exact) mass is 443 g/mol. The molecule has 0 saturated carbocycles. The van der Waals surface area contributed by atoms with Crippen LogP contribution in [-0.4, -0.2) is 24.7 Å². The SMILES string of the molecule is COc1ccc(-c2coc3cc(OCC(=O)N/C=C\c4ccc(O)cc4)ccc3c2=O)cc1. The number of aromatic hydroxyl groups is 1. The fourth-order valence-corrected chi connectivity index (χ4v) is 3.18. The maximum atomic E-state index is 12.9. The second-order valence-corrected chi connectivity index (χ2v) is 7.15. The molecule has 4 rings (SSSR count). The van der Waals surface area contributed by atoms with E-state index in [0.717, 1.165) is 11.1 Å². The van der Waals surface area contributed by atoms with Gasteiger partial charge in [0.2, 0.25) is 0 Å². The van der Waals surface area contributed by atoms with Crippen molar-refractivity contribution in [1.29, 1.82) is 0 Å². The Kier molecular flexibility index (Phi) is 6.40. The molecule has 0 unspecified atom stereocenters. The van der Waals surface area contributed by atoms with Gasteiger partial charge in [0, 0.05) is 12.3 Å². The normalized spacial score (nSPS) is 10.9. The number of phenolic OH excluding ortho intramolecular Hbond substituents is 1.